The normalized spacial score (nSPS) is 15.9. The Morgan fingerprint density at radius 1 is 1.00 bits per heavy atom. The lowest BCUT2D eigenvalue weighted by atomic mass is 9.89. The van der Waals surface area contributed by atoms with E-state index in [1.165, 1.54) is 24.3 Å². The van der Waals surface area contributed by atoms with Gasteiger partial charge >= 0.3 is 0 Å². The van der Waals surface area contributed by atoms with Crippen molar-refractivity contribution >= 4 is 17.3 Å². The number of ether oxygens (including phenoxy) is 1. The van der Waals surface area contributed by atoms with E-state index in [9.17, 15) is 19.7 Å². The molecular formula is C20H20N2O5. The van der Waals surface area contributed by atoms with Crippen LogP contribution < -0.4 is 0 Å². The Kier molecular flexibility index (Phi) is 6.05. The van der Waals surface area contributed by atoms with E-state index in [-0.39, 0.29) is 23.6 Å². The van der Waals surface area contributed by atoms with E-state index >= 15 is 0 Å². The van der Waals surface area contributed by atoms with Crippen LogP contribution in [0.5, 0.6) is 0 Å². The molecule has 0 aliphatic carbocycles. The summed E-state index contributed by atoms with van der Waals surface area (Å²) in [5.74, 6) is -1.61. The first-order valence-corrected chi connectivity index (χ1v) is 8.74. The molecule has 0 saturated carbocycles. The topological polar surface area (TPSA) is 89.8 Å². The highest BCUT2D eigenvalue weighted by molar-refractivity contribution is 6.16. The van der Waals surface area contributed by atoms with Gasteiger partial charge < -0.3 is 4.74 Å². The SMILES string of the molecule is O=C(c1ccccc1)C(CN1CCOCC1)C(=O)c1cccc([N+](=O)[O-])c1. The van der Waals surface area contributed by atoms with Gasteiger partial charge in [0.15, 0.2) is 11.6 Å². The van der Waals surface area contributed by atoms with Crippen molar-refractivity contribution in [2.75, 3.05) is 32.8 Å². The van der Waals surface area contributed by atoms with Gasteiger partial charge in [-0.15, -0.1) is 0 Å². The molecule has 3 rings (SSSR count). The van der Waals surface area contributed by atoms with Crippen LogP contribution in [-0.4, -0.2) is 54.2 Å². The summed E-state index contributed by atoms with van der Waals surface area (Å²) in [5, 5.41) is 11.0. The first-order valence-electron chi connectivity index (χ1n) is 8.74. The summed E-state index contributed by atoms with van der Waals surface area (Å²) in [6, 6.07) is 14.2. The van der Waals surface area contributed by atoms with Crippen molar-refractivity contribution in [1.82, 2.24) is 4.90 Å². The van der Waals surface area contributed by atoms with Crippen molar-refractivity contribution < 1.29 is 19.2 Å². The third-order valence-corrected chi connectivity index (χ3v) is 4.58. The Bertz CT molecular complexity index is 831. The second-order valence-corrected chi connectivity index (χ2v) is 6.37. The molecule has 140 valence electrons. The fourth-order valence-corrected chi connectivity index (χ4v) is 3.10. The summed E-state index contributed by atoms with van der Waals surface area (Å²) in [5.41, 5.74) is 0.458. The lowest BCUT2D eigenvalue weighted by molar-refractivity contribution is -0.384. The molecule has 1 atom stereocenters. The third-order valence-electron chi connectivity index (χ3n) is 4.58. The van der Waals surface area contributed by atoms with E-state index in [0.29, 0.717) is 31.9 Å². The minimum atomic E-state index is -0.924. The Morgan fingerprint density at radius 3 is 2.30 bits per heavy atom. The standard InChI is InChI=1S/C20H20N2O5/c23-19(15-5-2-1-3-6-15)18(14-21-9-11-27-12-10-21)20(24)16-7-4-8-17(13-16)22(25)26/h1-8,13,18H,9-12,14H2. The fraction of sp³-hybridized carbons (Fsp3) is 0.300. The van der Waals surface area contributed by atoms with Crippen molar-refractivity contribution in [2.45, 2.75) is 0 Å². The molecule has 1 unspecified atom stereocenters. The second-order valence-electron chi connectivity index (χ2n) is 6.37. The summed E-state index contributed by atoms with van der Waals surface area (Å²) in [4.78, 5) is 38.6. The molecule has 27 heavy (non-hydrogen) atoms. The molecule has 2 aromatic rings. The van der Waals surface area contributed by atoms with Gasteiger partial charge in [-0.2, -0.15) is 0 Å². The lowest BCUT2D eigenvalue weighted by Crippen LogP contribution is -2.43. The smallest absolute Gasteiger partial charge is 0.270 e. The number of Topliss-reactive ketones (excluding diaryl/α,β-unsaturated/α-hetero) is 2. The molecule has 0 aromatic heterocycles. The number of benzene rings is 2. The summed E-state index contributed by atoms with van der Waals surface area (Å²) in [6.07, 6.45) is 0. The van der Waals surface area contributed by atoms with Gasteiger partial charge in [0.2, 0.25) is 0 Å². The molecule has 0 spiro atoms. The number of hydrogen-bond donors (Lipinski definition) is 0. The predicted molar refractivity (Wildman–Crippen MR) is 98.9 cm³/mol. The van der Waals surface area contributed by atoms with Gasteiger partial charge in [0.1, 0.15) is 0 Å². The number of nitro groups is 1. The van der Waals surface area contributed by atoms with Crippen LogP contribution in [0.25, 0.3) is 0 Å². The fourth-order valence-electron chi connectivity index (χ4n) is 3.10. The molecule has 0 radical (unpaired) electrons. The monoisotopic (exact) mass is 368 g/mol. The number of ketones is 2. The van der Waals surface area contributed by atoms with Crippen LogP contribution in [-0.2, 0) is 4.74 Å². The second kappa shape index (κ2) is 8.66. The van der Waals surface area contributed by atoms with Gasteiger partial charge in [-0.05, 0) is 0 Å². The summed E-state index contributed by atoms with van der Waals surface area (Å²) in [7, 11) is 0. The molecule has 0 N–H and O–H groups in total. The highest BCUT2D eigenvalue weighted by Crippen LogP contribution is 2.20. The molecule has 1 fully saturated rings. The number of non-ortho nitro benzene ring substituents is 1. The number of rotatable bonds is 7. The van der Waals surface area contributed by atoms with Crippen LogP contribution >= 0.6 is 0 Å². The van der Waals surface area contributed by atoms with Crippen molar-refractivity contribution in [2.24, 2.45) is 5.92 Å². The number of nitro benzene ring substituents is 1. The average molecular weight is 368 g/mol. The molecule has 0 amide bonds. The average Bonchev–Trinajstić information content (AvgIpc) is 2.72. The number of carbonyl (C=O) groups excluding carboxylic acids is 2. The summed E-state index contributed by atoms with van der Waals surface area (Å²) in [6.45, 7) is 2.65. The molecule has 7 nitrogen and oxygen atoms in total. The zero-order valence-electron chi connectivity index (χ0n) is 14.7. The molecule has 1 heterocycles. The molecule has 2 aromatic carbocycles. The molecule has 1 aliphatic rings. The number of morpholine rings is 1. The van der Waals surface area contributed by atoms with E-state index in [1.54, 1.807) is 30.3 Å². The van der Waals surface area contributed by atoms with Crippen LogP contribution in [0.4, 0.5) is 5.69 Å². The van der Waals surface area contributed by atoms with Gasteiger partial charge in [-0.25, -0.2) is 0 Å². The van der Waals surface area contributed by atoms with Crippen LogP contribution in [0.3, 0.4) is 0 Å². The van der Waals surface area contributed by atoms with Gasteiger partial charge in [0, 0.05) is 42.9 Å². The van der Waals surface area contributed by atoms with Gasteiger partial charge in [0.05, 0.1) is 24.1 Å². The zero-order chi connectivity index (χ0) is 19.2. The van der Waals surface area contributed by atoms with Crippen molar-refractivity contribution in [3.63, 3.8) is 0 Å². The highest BCUT2D eigenvalue weighted by Gasteiger charge is 2.31. The molecular weight excluding hydrogens is 348 g/mol. The van der Waals surface area contributed by atoms with Crippen LogP contribution in [0, 0.1) is 16.0 Å². The maximum atomic E-state index is 13.1. The minimum Gasteiger partial charge on any atom is -0.379 e. The third kappa shape index (κ3) is 4.64. The number of nitrogens with zero attached hydrogens (tertiary/aromatic N) is 2. The van der Waals surface area contributed by atoms with Crippen LogP contribution in [0.15, 0.2) is 54.6 Å². The van der Waals surface area contributed by atoms with Crippen molar-refractivity contribution in [3.8, 4) is 0 Å². The summed E-state index contributed by atoms with van der Waals surface area (Å²) < 4.78 is 5.33. The summed E-state index contributed by atoms with van der Waals surface area (Å²) >= 11 is 0. The number of hydrogen-bond acceptors (Lipinski definition) is 6. The number of carbonyl (C=O) groups is 2. The Hall–Kier alpha value is -2.90. The quantitative estimate of drug-likeness (QED) is 0.323. The first-order chi connectivity index (χ1) is 13.1. The van der Waals surface area contributed by atoms with Gasteiger partial charge in [-0.3, -0.25) is 24.6 Å². The first kappa shape index (κ1) is 18.9. The molecule has 1 aliphatic heterocycles. The minimum absolute atomic E-state index is 0.168. The van der Waals surface area contributed by atoms with E-state index < -0.39 is 16.6 Å². The zero-order valence-corrected chi connectivity index (χ0v) is 14.7. The predicted octanol–water partition coefficient (Wildman–Crippen LogP) is 2.61. The highest BCUT2D eigenvalue weighted by atomic mass is 16.6. The van der Waals surface area contributed by atoms with Crippen molar-refractivity contribution in [1.29, 1.82) is 0 Å². The largest absolute Gasteiger partial charge is 0.379 e. The molecule has 0 bridgehead atoms. The Labute approximate surface area is 156 Å². The van der Waals surface area contributed by atoms with Gasteiger partial charge in [0.25, 0.3) is 5.69 Å². The van der Waals surface area contributed by atoms with Gasteiger partial charge in [-0.1, -0.05) is 42.5 Å². The molecule has 7 heteroatoms. The maximum absolute atomic E-state index is 13.1. The van der Waals surface area contributed by atoms with E-state index in [2.05, 4.69) is 0 Å². The Balaban J connectivity index is 1.90. The lowest BCUT2D eigenvalue weighted by Gasteiger charge is -2.29. The van der Waals surface area contributed by atoms with Crippen LogP contribution in [0.2, 0.25) is 0 Å². The van der Waals surface area contributed by atoms with Crippen LogP contribution in [0.1, 0.15) is 20.7 Å². The van der Waals surface area contributed by atoms with E-state index in [4.69, 9.17) is 4.74 Å². The van der Waals surface area contributed by atoms with E-state index in [0.717, 1.165) is 0 Å². The maximum Gasteiger partial charge on any atom is 0.270 e. The van der Waals surface area contributed by atoms with E-state index in [1.807, 2.05) is 4.90 Å². The Morgan fingerprint density at radius 2 is 1.63 bits per heavy atom. The van der Waals surface area contributed by atoms with Crippen molar-refractivity contribution in [3.05, 3.63) is 75.8 Å². The molecule has 1 saturated heterocycles.